The van der Waals surface area contributed by atoms with Gasteiger partial charge < -0.3 is 19.4 Å². The number of hydrogen-bond acceptors (Lipinski definition) is 6. The quantitative estimate of drug-likeness (QED) is 0.648. The first-order chi connectivity index (χ1) is 15.6. The van der Waals surface area contributed by atoms with Crippen LogP contribution in [0.15, 0.2) is 22.5 Å². The van der Waals surface area contributed by atoms with Crippen LogP contribution in [0, 0.1) is 0 Å². The number of H-pyrrole nitrogens is 1. The predicted molar refractivity (Wildman–Crippen MR) is 122 cm³/mol. The number of nitrogens with zero attached hydrogens (tertiary/aromatic N) is 3. The maximum absolute atomic E-state index is 12.5. The number of carbonyl (C=O) groups is 1. The molecule has 4 heterocycles. The Bertz CT molecular complexity index is 860. The number of nitrogens with one attached hydrogen (secondary N) is 1. The van der Waals surface area contributed by atoms with Crippen molar-refractivity contribution in [2.75, 3.05) is 59.7 Å². The molecule has 1 N–H and O–H groups in total. The third-order valence-corrected chi connectivity index (χ3v) is 6.87. The molecule has 1 aromatic heterocycles. The standard InChI is InChI=1S/C24H36N4O4/c1-31-13-8-23(30)28-10-6-19(7-11-28)24-25-21(14-22(29)26-24)20-5-2-9-27(16-20)15-18-4-3-12-32-17-18/h4,14,19-20H,2-3,5-13,15-17H2,1H3,(H,25,26,29). The normalized spacial score (nSPS) is 23.2. The van der Waals surface area contributed by atoms with Crippen LogP contribution in [-0.2, 0) is 14.3 Å². The van der Waals surface area contributed by atoms with Crippen molar-refractivity contribution in [3.05, 3.63) is 39.6 Å². The number of likely N-dealkylation sites (tertiary alicyclic amines) is 2. The van der Waals surface area contributed by atoms with E-state index in [0.717, 1.165) is 76.5 Å². The fourth-order valence-corrected chi connectivity index (χ4v) is 5.09. The Morgan fingerprint density at radius 3 is 2.84 bits per heavy atom. The Morgan fingerprint density at radius 1 is 1.25 bits per heavy atom. The van der Waals surface area contributed by atoms with Crippen LogP contribution in [0.1, 0.15) is 61.9 Å². The van der Waals surface area contributed by atoms with Gasteiger partial charge in [-0.15, -0.1) is 0 Å². The first-order valence-corrected chi connectivity index (χ1v) is 12.0. The number of rotatable bonds is 7. The minimum absolute atomic E-state index is 0.0656. The number of hydrogen-bond donors (Lipinski definition) is 1. The summed E-state index contributed by atoms with van der Waals surface area (Å²) in [6, 6.07) is 1.68. The average Bonchev–Trinajstić information content (AvgIpc) is 2.83. The van der Waals surface area contributed by atoms with E-state index in [1.54, 1.807) is 13.2 Å². The molecule has 8 nitrogen and oxygen atoms in total. The summed E-state index contributed by atoms with van der Waals surface area (Å²) in [5.74, 6) is 1.40. The maximum atomic E-state index is 12.5. The van der Waals surface area contributed by atoms with Gasteiger partial charge in [0.1, 0.15) is 5.82 Å². The van der Waals surface area contributed by atoms with Gasteiger partial charge in [-0.3, -0.25) is 14.5 Å². The van der Waals surface area contributed by atoms with Crippen molar-refractivity contribution in [2.45, 2.75) is 50.4 Å². The van der Waals surface area contributed by atoms with Crippen LogP contribution in [0.3, 0.4) is 0 Å². The topological polar surface area (TPSA) is 87.8 Å². The number of aromatic amines is 1. The first-order valence-electron chi connectivity index (χ1n) is 12.0. The smallest absolute Gasteiger partial charge is 0.251 e. The summed E-state index contributed by atoms with van der Waals surface area (Å²) in [4.78, 5) is 37.0. The van der Waals surface area contributed by atoms with Crippen LogP contribution in [0.2, 0.25) is 0 Å². The second-order valence-electron chi connectivity index (χ2n) is 9.23. The fourth-order valence-electron chi connectivity index (χ4n) is 5.09. The summed E-state index contributed by atoms with van der Waals surface area (Å²) in [5.41, 5.74) is 2.22. The van der Waals surface area contributed by atoms with E-state index in [9.17, 15) is 9.59 Å². The molecule has 1 aromatic rings. The molecule has 0 aromatic carbocycles. The van der Waals surface area contributed by atoms with Crippen LogP contribution >= 0.6 is 0 Å². The van der Waals surface area contributed by atoms with Gasteiger partial charge in [0, 0.05) is 51.2 Å². The second kappa shape index (κ2) is 11.2. The molecule has 0 radical (unpaired) electrons. The number of aromatic nitrogens is 2. The monoisotopic (exact) mass is 444 g/mol. The highest BCUT2D eigenvalue weighted by Crippen LogP contribution is 2.29. The summed E-state index contributed by atoms with van der Waals surface area (Å²) in [7, 11) is 1.61. The molecule has 4 rings (SSSR count). The van der Waals surface area contributed by atoms with Crippen molar-refractivity contribution < 1.29 is 14.3 Å². The van der Waals surface area contributed by atoms with Crippen LogP contribution in [0.5, 0.6) is 0 Å². The highest BCUT2D eigenvalue weighted by Gasteiger charge is 2.28. The van der Waals surface area contributed by atoms with Gasteiger partial charge in [0.15, 0.2) is 0 Å². The van der Waals surface area contributed by atoms with Gasteiger partial charge in [0.05, 0.1) is 31.9 Å². The predicted octanol–water partition coefficient (Wildman–Crippen LogP) is 2.04. The average molecular weight is 445 g/mol. The van der Waals surface area contributed by atoms with Gasteiger partial charge in [-0.25, -0.2) is 4.98 Å². The number of methoxy groups -OCH3 is 1. The van der Waals surface area contributed by atoms with E-state index < -0.39 is 0 Å². The molecule has 8 heteroatoms. The molecule has 32 heavy (non-hydrogen) atoms. The second-order valence-corrected chi connectivity index (χ2v) is 9.23. The van der Waals surface area contributed by atoms with E-state index in [2.05, 4.69) is 16.0 Å². The zero-order chi connectivity index (χ0) is 22.3. The van der Waals surface area contributed by atoms with E-state index in [0.29, 0.717) is 26.1 Å². The summed E-state index contributed by atoms with van der Waals surface area (Å²) in [6.07, 6.45) is 7.57. The van der Waals surface area contributed by atoms with Gasteiger partial charge in [-0.1, -0.05) is 6.08 Å². The molecule has 0 bridgehead atoms. The minimum Gasteiger partial charge on any atom is -0.384 e. The van der Waals surface area contributed by atoms with Crippen LogP contribution < -0.4 is 5.56 Å². The van der Waals surface area contributed by atoms with Crippen molar-refractivity contribution >= 4 is 5.91 Å². The van der Waals surface area contributed by atoms with Crippen molar-refractivity contribution in [1.82, 2.24) is 19.8 Å². The molecule has 3 aliphatic heterocycles. The number of piperidine rings is 2. The molecule has 2 fully saturated rings. The SMILES string of the molecule is COCCC(=O)N1CCC(c2nc(C3CCCN(CC4=CCCOC4)C3)cc(=O)[nH]2)CC1. The Balaban J connectivity index is 1.38. The third-order valence-electron chi connectivity index (χ3n) is 6.87. The van der Waals surface area contributed by atoms with Crippen molar-refractivity contribution in [3.63, 3.8) is 0 Å². The van der Waals surface area contributed by atoms with Crippen molar-refractivity contribution in [3.8, 4) is 0 Å². The Labute approximate surface area is 190 Å². The Hall–Kier alpha value is -2.03. The summed E-state index contributed by atoms with van der Waals surface area (Å²) in [5, 5.41) is 0. The minimum atomic E-state index is -0.0656. The molecule has 0 aliphatic carbocycles. The van der Waals surface area contributed by atoms with Crippen molar-refractivity contribution in [1.29, 1.82) is 0 Å². The molecule has 176 valence electrons. The van der Waals surface area contributed by atoms with Gasteiger partial charge >= 0.3 is 0 Å². The molecule has 1 unspecified atom stereocenters. The van der Waals surface area contributed by atoms with Crippen molar-refractivity contribution in [2.24, 2.45) is 0 Å². The lowest BCUT2D eigenvalue weighted by Gasteiger charge is -2.34. The molecule has 0 spiro atoms. The zero-order valence-electron chi connectivity index (χ0n) is 19.2. The number of amides is 1. The van der Waals surface area contributed by atoms with Crippen LogP contribution in [-0.4, -0.2) is 85.3 Å². The first kappa shape index (κ1) is 23.1. The van der Waals surface area contributed by atoms with E-state index in [-0.39, 0.29) is 23.3 Å². The van der Waals surface area contributed by atoms with E-state index in [4.69, 9.17) is 14.5 Å². The maximum Gasteiger partial charge on any atom is 0.251 e. The van der Waals surface area contributed by atoms with Gasteiger partial charge in [0.25, 0.3) is 5.56 Å². The molecular formula is C24H36N4O4. The summed E-state index contributed by atoms with van der Waals surface area (Å²) in [6.45, 7) is 6.39. The highest BCUT2D eigenvalue weighted by molar-refractivity contribution is 5.76. The summed E-state index contributed by atoms with van der Waals surface area (Å²) >= 11 is 0. The Kier molecular flexibility index (Phi) is 8.10. The van der Waals surface area contributed by atoms with Gasteiger partial charge in [-0.05, 0) is 44.2 Å². The molecule has 2 saturated heterocycles. The molecule has 3 aliphatic rings. The highest BCUT2D eigenvalue weighted by atomic mass is 16.5. The molecular weight excluding hydrogens is 408 g/mol. The third kappa shape index (κ3) is 6.05. The lowest BCUT2D eigenvalue weighted by atomic mass is 9.92. The summed E-state index contributed by atoms with van der Waals surface area (Å²) < 4.78 is 10.6. The van der Waals surface area contributed by atoms with E-state index >= 15 is 0 Å². The fraction of sp³-hybridized carbons (Fsp3) is 0.708. The molecule has 1 atom stereocenters. The zero-order valence-corrected chi connectivity index (χ0v) is 19.2. The number of carbonyl (C=O) groups excluding carboxylic acids is 1. The van der Waals surface area contributed by atoms with Crippen LogP contribution in [0.4, 0.5) is 0 Å². The van der Waals surface area contributed by atoms with Gasteiger partial charge in [0.2, 0.25) is 5.91 Å². The Morgan fingerprint density at radius 2 is 2.09 bits per heavy atom. The van der Waals surface area contributed by atoms with Crippen LogP contribution in [0.25, 0.3) is 0 Å². The molecule has 0 saturated carbocycles. The van der Waals surface area contributed by atoms with Gasteiger partial charge in [-0.2, -0.15) is 0 Å². The van der Waals surface area contributed by atoms with E-state index in [1.165, 1.54) is 5.57 Å². The van der Waals surface area contributed by atoms with E-state index in [1.807, 2.05) is 4.90 Å². The number of ether oxygens (including phenoxy) is 2. The molecule has 1 amide bonds. The lowest BCUT2D eigenvalue weighted by Crippen LogP contribution is -2.39. The largest absolute Gasteiger partial charge is 0.384 e. The lowest BCUT2D eigenvalue weighted by molar-refractivity contribution is -0.133.